The average molecular weight is 704 g/mol. The molecule has 0 unspecified atom stereocenters. The Bertz CT molecular complexity index is 3180. The summed E-state index contributed by atoms with van der Waals surface area (Å²) in [5, 5.41) is 6.92. The van der Waals surface area contributed by atoms with Crippen LogP contribution in [0.5, 0.6) is 0 Å². The fourth-order valence-electron chi connectivity index (χ4n) is 8.31. The van der Waals surface area contributed by atoms with Crippen LogP contribution in [0.15, 0.2) is 209 Å². The van der Waals surface area contributed by atoms with E-state index in [-0.39, 0.29) is 0 Å². The van der Waals surface area contributed by atoms with Crippen LogP contribution in [0.4, 0.5) is 17.1 Å². The van der Waals surface area contributed by atoms with Crippen molar-refractivity contribution in [3.63, 3.8) is 0 Å². The second-order valence-electron chi connectivity index (χ2n) is 14.0. The fourth-order valence-corrected chi connectivity index (χ4v) is 8.31. The summed E-state index contributed by atoms with van der Waals surface area (Å²) < 4.78 is 13.3. The third kappa shape index (κ3) is 5.13. The minimum Gasteiger partial charge on any atom is -0.455 e. The normalized spacial score (nSPS) is 11.6. The van der Waals surface area contributed by atoms with E-state index in [0.717, 1.165) is 83.2 Å². The zero-order chi connectivity index (χ0) is 36.3. The summed E-state index contributed by atoms with van der Waals surface area (Å²) in [6, 6.07) is 70.8. The Morgan fingerprint density at radius 3 is 1.60 bits per heavy atom. The van der Waals surface area contributed by atoms with Crippen LogP contribution in [0.2, 0.25) is 0 Å². The molecule has 55 heavy (non-hydrogen) atoms. The number of hydrogen-bond donors (Lipinski definition) is 0. The Balaban J connectivity index is 1.10. The largest absolute Gasteiger partial charge is 0.455 e. The molecule has 0 radical (unpaired) electrons. The van der Waals surface area contributed by atoms with E-state index in [9.17, 15) is 0 Å². The lowest BCUT2D eigenvalue weighted by Gasteiger charge is -2.26. The molecule has 0 bridgehead atoms. The maximum atomic E-state index is 6.83. The number of anilines is 3. The van der Waals surface area contributed by atoms with Gasteiger partial charge < -0.3 is 13.7 Å². The summed E-state index contributed by atoms with van der Waals surface area (Å²) in [4.78, 5) is 2.32. The first-order valence-electron chi connectivity index (χ1n) is 18.7. The third-order valence-corrected chi connectivity index (χ3v) is 10.9. The van der Waals surface area contributed by atoms with Crippen molar-refractivity contribution in [1.29, 1.82) is 0 Å². The van der Waals surface area contributed by atoms with Crippen molar-refractivity contribution in [1.82, 2.24) is 0 Å². The average Bonchev–Trinajstić information content (AvgIpc) is 3.84. The van der Waals surface area contributed by atoms with Gasteiger partial charge in [-0.25, -0.2) is 0 Å². The van der Waals surface area contributed by atoms with Crippen LogP contribution in [0.3, 0.4) is 0 Å². The molecule has 0 aliphatic rings. The molecule has 0 atom stereocenters. The summed E-state index contributed by atoms with van der Waals surface area (Å²) in [6.07, 6.45) is 0. The van der Waals surface area contributed by atoms with Crippen molar-refractivity contribution < 1.29 is 8.83 Å². The molecule has 0 aliphatic heterocycles. The monoisotopic (exact) mass is 703 g/mol. The SMILES string of the molecule is c1ccc(-c2ccc(N(c3ccc(-c4cccc5ccccc45)cc3)c3ccc(-c4cccc5c4oc4ccccc45)cc3)c3oc4ccccc4c23)cc1. The van der Waals surface area contributed by atoms with E-state index in [4.69, 9.17) is 8.83 Å². The predicted molar refractivity (Wildman–Crippen MR) is 229 cm³/mol. The van der Waals surface area contributed by atoms with Gasteiger partial charge in [0.25, 0.3) is 0 Å². The first kappa shape index (κ1) is 31.2. The lowest BCUT2D eigenvalue weighted by atomic mass is 9.97. The standard InChI is InChI=1S/C52H33NO2/c1-2-12-35(13-3-1)42-32-33-47(52-50(42)46-18-7-9-23-49(46)55-52)53(38-28-24-36(25-29-38)41-19-10-15-34-14-4-5-16-40(34)41)39-30-26-37(27-31-39)43-20-11-21-45-44-17-6-8-22-48(44)54-51(43)45/h1-33H. The van der Waals surface area contributed by atoms with Crippen LogP contribution in [0.1, 0.15) is 0 Å². The second kappa shape index (κ2) is 12.6. The molecular formula is C52H33NO2. The molecule has 0 spiro atoms. The van der Waals surface area contributed by atoms with Crippen LogP contribution in [-0.2, 0) is 0 Å². The van der Waals surface area contributed by atoms with Gasteiger partial charge in [-0.2, -0.15) is 0 Å². The van der Waals surface area contributed by atoms with Gasteiger partial charge in [-0.3, -0.25) is 0 Å². The zero-order valence-electron chi connectivity index (χ0n) is 29.8. The van der Waals surface area contributed by atoms with Gasteiger partial charge in [-0.05, 0) is 81.1 Å². The fraction of sp³-hybridized carbons (Fsp3) is 0. The number of hydrogen-bond acceptors (Lipinski definition) is 3. The molecule has 0 saturated carbocycles. The molecule has 2 heterocycles. The molecular weight excluding hydrogens is 671 g/mol. The third-order valence-electron chi connectivity index (χ3n) is 10.9. The van der Waals surface area contributed by atoms with Crippen LogP contribution in [0, 0.1) is 0 Å². The van der Waals surface area contributed by atoms with Crippen LogP contribution >= 0.6 is 0 Å². The van der Waals surface area contributed by atoms with E-state index >= 15 is 0 Å². The van der Waals surface area contributed by atoms with Crippen LogP contribution < -0.4 is 4.90 Å². The summed E-state index contributed by atoms with van der Waals surface area (Å²) in [5.41, 5.74) is 13.4. The van der Waals surface area contributed by atoms with Crippen LogP contribution in [-0.4, -0.2) is 0 Å². The molecule has 0 saturated heterocycles. The maximum Gasteiger partial charge on any atom is 0.160 e. The van der Waals surface area contributed by atoms with Gasteiger partial charge in [-0.1, -0.05) is 158 Å². The summed E-state index contributed by atoms with van der Waals surface area (Å²) in [6.45, 7) is 0. The van der Waals surface area contributed by atoms with Crippen molar-refractivity contribution in [3.05, 3.63) is 200 Å². The summed E-state index contributed by atoms with van der Waals surface area (Å²) in [5.74, 6) is 0. The molecule has 9 aromatic carbocycles. The Kier molecular flexibility index (Phi) is 7.17. The Morgan fingerprint density at radius 1 is 0.309 bits per heavy atom. The lowest BCUT2D eigenvalue weighted by molar-refractivity contribution is 0.669. The molecule has 258 valence electrons. The van der Waals surface area contributed by atoms with Crippen LogP contribution in [0.25, 0.3) is 88.0 Å². The molecule has 11 aromatic rings. The molecule has 0 amide bonds. The van der Waals surface area contributed by atoms with E-state index in [1.54, 1.807) is 0 Å². The molecule has 0 fully saturated rings. The Morgan fingerprint density at radius 2 is 0.836 bits per heavy atom. The summed E-state index contributed by atoms with van der Waals surface area (Å²) in [7, 11) is 0. The maximum absolute atomic E-state index is 6.83. The van der Waals surface area contributed by atoms with Crippen molar-refractivity contribution in [2.45, 2.75) is 0 Å². The van der Waals surface area contributed by atoms with Gasteiger partial charge in [0, 0.05) is 38.5 Å². The Labute approximate surface area is 317 Å². The summed E-state index contributed by atoms with van der Waals surface area (Å²) >= 11 is 0. The molecule has 11 rings (SSSR count). The van der Waals surface area contributed by atoms with Crippen molar-refractivity contribution in [2.75, 3.05) is 4.90 Å². The topological polar surface area (TPSA) is 29.5 Å². The first-order chi connectivity index (χ1) is 27.3. The number of rotatable bonds is 6. The van der Waals surface area contributed by atoms with Gasteiger partial charge >= 0.3 is 0 Å². The minimum absolute atomic E-state index is 0.844. The van der Waals surface area contributed by atoms with Crippen molar-refractivity contribution in [2.24, 2.45) is 0 Å². The van der Waals surface area contributed by atoms with Crippen molar-refractivity contribution >= 4 is 71.7 Å². The highest BCUT2D eigenvalue weighted by atomic mass is 16.3. The molecule has 3 nitrogen and oxygen atoms in total. The van der Waals surface area contributed by atoms with E-state index in [1.807, 2.05) is 18.2 Å². The van der Waals surface area contributed by atoms with E-state index in [1.165, 1.54) is 21.9 Å². The Hall–Kier alpha value is -7.36. The number of furan rings is 2. The number of fused-ring (bicyclic) bond motifs is 7. The first-order valence-corrected chi connectivity index (χ1v) is 18.7. The highest BCUT2D eigenvalue weighted by molar-refractivity contribution is 6.17. The van der Waals surface area contributed by atoms with Gasteiger partial charge in [0.1, 0.15) is 16.7 Å². The van der Waals surface area contributed by atoms with Gasteiger partial charge in [0.15, 0.2) is 5.58 Å². The zero-order valence-corrected chi connectivity index (χ0v) is 29.8. The quantitative estimate of drug-likeness (QED) is 0.173. The molecule has 0 aliphatic carbocycles. The minimum atomic E-state index is 0.844. The van der Waals surface area contributed by atoms with Gasteiger partial charge in [0.2, 0.25) is 0 Å². The number of para-hydroxylation sites is 3. The van der Waals surface area contributed by atoms with Gasteiger partial charge in [0.05, 0.1) is 5.69 Å². The lowest BCUT2D eigenvalue weighted by Crippen LogP contribution is -2.10. The second-order valence-corrected chi connectivity index (χ2v) is 14.0. The predicted octanol–water partition coefficient (Wildman–Crippen LogP) is 15.1. The number of nitrogens with zero attached hydrogens (tertiary/aromatic N) is 1. The molecule has 3 heteroatoms. The number of benzene rings is 9. The molecule has 0 N–H and O–H groups in total. The van der Waals surface area contributed by atoms with E-state index in [0.29, 0.717) is 0 Å². The smallest absolute Gasteiger partial charge is 0.160 e. The van der Waals surface area contributed by atoms with Crippen molar-refractivity contribution in [3.8, 4) is 33.4 Å². The van der Waals surface area contributed by atoms with E-state index in [2.05, 4.69) is 187 Å². The highest BCUT2D eigenvalue weighted by Gasteiger charge is 2.23. The van der Waals surface area contributed by atoms with E-state index < -0.39 is 0 Å². The highest BCUT2D eigenvalue weighted by Crippen LogP contribution is 2.46. The van der Waals surface area contributed by atoms with Gasteiger partial charge in [-0.15, -0.1) is 0 Å². The molecule has 2 aromatic heterocycles.